The maximum Gasteiger partial charge on any atom is 0.459 e. The highest BCUT2D eigenvalue weighted by molar-refractivity contribution is 5.89. The van der Waals surface area contributed by atoms with Crippen LogP contribution in [0, 0.1) is 11.3 Å². The average Bonchev–Trinajstić information content (AvgIpc) is 3.20. The summed E-state index contributed by atoms with van der Waals surface area (Å²) in [6, 6.07) is 15.8. The van der Waals surface area contributed by atoms with Crippen molar-refractivity contribution in [2.45, 2.75) is 44.8 Å². The SMILES string of the molecule is CCCCc1nc(C(F)(F)C(F)(F)F)c(C(=O)OC)n1Cc1ccc(-c2ccccc2C#N)cc1. The van der Waals surface area contributed by atoms with Gasteiger partial charge in [-0.3, -0.25) is 0 Å². The van der Waals surface area contributed by atoms with Gasteiger partial charge in [0, 0.05) is 13.0 Å². The predicted octanol–water partition coefficient (Wildman–Crippen LogP) is 6.25. The van der Waals surface area contributed by atoms with Gasteiger partial charge >= 0.3 is 18.1 Å². The van der Waals surface area contributed by atoms with Gasteiger partial charge in [0.15, 0.2) is 11.4 Å². The number of aryl methyl sites for hydroxylation is 1. The van der Waals surface area contributed by atoms with E-state index in [1.165, 1.54) is 0 Å². The first-order valence-corrected chi connectivity index (χ1v) is 10.8. The summed E-state index contributed by atoms with van der Waals surface area (Å²) in [6.07, 6.45) is -4.73. The highest BCUT2D eigenvalue weighted by Crippen LogP contribution is 2.45. The van der Waals surface area contributed by atoms with Crippen molar-refractivity contribution in [2.75, 3.05) is 7.11 Å². The number of hydrogen-bond donors (Lipinski definition) is 0. The summed E-state index contributed by atoms with van der Waals surface area (Å²) in [5.74, 6) is -6.74. The van der Waals surface area contributed by atoms with Gasteiger partial charge in [-0.1, -0.05) is 55.8 Å². The van der Waals surface area contributed by atoms with E-state index in [1.807, 2.05) is 6.92 Å². The molecule has 5 nitrogen and oxygen atoms in total. The fourth-order valence-corrected chi connectivity index (χ4v) is 3.66. The lowest BCUT2D eigenvalue weighted by atomic mass is 9.99. The molecule has 0 bridgehead atoms. The number of halogens is 5. The first-order chi connectivity index (χ1) is 16.5. The molecule has 1 aromatic heterocycles. The largest absolute Gasteiger partial charge is 0.464 e. The molecule has 0 spiro atoms. The van der Waals surface area contributed by atoms with Crippen molar-refractivity contribution >= 4 is 5.97 Å². The molecule has 0 fully saturated rings. The Kier molecular flexibility index (Phi) is 7.58. The molecular weight excluding hydrogens is 469 g/mol. The van der Waals surface area contributed by atoms with E-state index in [1.54, 1.807) is 48.5 Å². The smallest absolute Gasteiger partial charge is 0.459 e. The Hall–Kier alpha value is -3.74. The van der Waals surface area contributed by atoms with Gasteiger partial charge in [-0.05, 0) is 29.2 Å². The van der Waals surface area contributed by atoms with Crippen LogP contribution in [-0.4, -0.2) is 28.8 Å². The zero-order valence-corrected chi connectivity index (χ0v) is 19.0. The summed E-state index contributed by atoms with van der Waals surface area (Å²) >= 11 is 0. The van der Waals surface area contributed by atoms with Gasteiger partial charge in [0.05, 0.1) is 18.7 Å². The molecule has 0 radical (unpaired) electrons. The number of alkyl halides is 5. The molecule has 2 aromatic carbocycles. The number of hydrogen-bond acceptors (Lipinski definition) is 4. The lowest BCUT2D eigenvalue weighted by molar-refractivity contribution is -0.291. The first-order valence-electron chi connectivity index (χ1n) is 10.8. The van der Waals surface area contributed by atoms with E-state index < -0.39 is 29.5 Å². The quantitative estimate of drug-likeness (QED) is 0.276. The number of aromatic nitrogens is 2. The first kappa shape index (κ1) is 25.9. The van der Waals surface area contributed by atoms with Crippen molar-refractivity contribution in [3.05, 3.63) is 76.9 Å². The number of ether oxygens (including phenoxy) is 1. The molecule has 0 N–H and O–H groups in total. The molecule has 0 aliphatic rings. The van der Waals surface area contributed by atoms with Gasteiger partial charge in [0.25, 0.3) is 0 Å². The van der Waals surface area contributed by atoms with Crippen LogP contribution < -0.4 is 0 Å². The fraction of sp³-hybridized carbons (Fsp3) is 0.320. The van der Waals surface area contributed by atoms with Crippen LogP contribution in [0.2, 0.25) is 0 Å². The van der Waals surface area contributed by atoms with Crippen molar-refractivity contribution in [1.82, 2.24) is 9.55 Å². The molecule has 0 saturated carbocycles. The summed E-state index contributed by atoms with van der Waals surface area (Å²) in [7, 11) is 0.905. The summed E-state index contributed by atoms with van der Waals surface area (Å²) in [5.41, 5.74) is -0.188. The van der Waals surface area contributed by atoms with Gasteiger partial charge in [-0.15, -0.1) is 0 Å². The molecule has 0 atom stereocenters. The number of carbonyl (C=O) groups excluding carboxylic acids is 1. The van der Waals surface area contributed by atoms with E-state index in [0.717, 1.165) is 17.2 Å². The number of carbonyl (C=O) groups is 1. The maximum absolute atomic E-state index is 14.4. The van der Waals surface area contributed by atoms with Gasteiger partial charge in [-0.25, -0.2) is 9.78 Å². The fourth-order valence-electron chi connectivity index (χ4n) is 3.66. The van der Waals surface area contributed by atoms with E-state index in [2.05, 4.69) is 15.8 Å². The van der Waals surface area contributed by atoms with Gasteiger partial charge in [0.1, 0.15) is 5.82 Å². The Morgan fingerprint density at radius 3 is 2.31 bits per heavy atom. The normalized spacial score (nSPS) is 11.8. The minimum atomic E-state index is -5.94. The molecule has 35 heavy (non-hydrogen) atoms. The summed E-state index contributed by atoms with van der Waals surface area (Å²) in [4.78, 5) is 16.0. The Morgan fingerprint density at radius 1 is 1.09 bits per heavy atom. The molecule has 0 unspecified atom stereocenters. The van der Waals surface area contributed by atoms with E-state index in [0.29, 0.717) is 29.5 Å². The standard InChI is InChI=1S/C25H22F5N3O2/c1-3-4-9-20-32-22(24(26,27)25(28,29)30)21(23(34)35-2)33(20)15-16-10-12-17(13-11-16)19-8-6-5-7-18(19)14-31/h5-8,10-13H,3-4,9,15H2,1-2H3. The second-order valence-corrected chi connectivity index (χ2v) is 7.83. The lowest BCUT2D eigenvalue weighted by Crippen LogP contribution is -2.36. The minimum absolute atomic E-state index is 0.0647. The summed E-state index contributed by atoms with van der Waals surface area (Å²) in [6.45, 7) is 1.65. The van der Waals surface area contributed by atoms with Crippen LogP contribution in [0.4, 0.5) is 22.0 Å². The van der Waals surface area contributed by atoms with Crippen LogP contribution in [-0.2, 0) is 23.6 Å². The molecule has 10 heteroatoms. The number of unbranched alkanes of at least 4 members (excludes halogenated alkanes) is 1. The second-order valence-electron chi connectivity index (χ2n) is 7.83. The van der Waals surface area contributed by atoms with Crippen molar-refractivity contribution < 1.29 is 31.5 Å². The minimum Gasteiger partial charge on any atom is -0.464 e. The molecule has 3 aromatic rings. The Morgan fingerprint density at radius 2 is 1.74 bits per heavy atom. The van der Waals surface area contributed by atoms with E-state index in [4.69, 9.17) is 0 Å². The van der Waals surface area contributed by atoms with Crippen molar-refractivity contribution in [3.63, 3.8) is 0 Å². The molecule has 1 heterocycles. The van der Waals surface area contributed by atoms with Crippen LogP contribution in [0.25, 0.3) is 11.1 Å². The molecule has 0 saturated heterocycles. The van der Waals surface area contributed by atoms with Crippen LogP contribution in [0.3, 0.4) is 0 Å². The third kappa shape index (κ3) is 5.19. The summed E-state index contributed by atoms with van der Waals surface area (Å²) in [5, 5.41) is 9.32. The zero-order chi connectivity index (χ0) is 25.8. The van der Waals surface area contributed by atoms with E-state index in [-0.39, 0.29) is 18.8 Å². The number of benzene rings is 2. The lowest BCUT2D eigenvalue weighted by Gasteiger charge is -2.19. The summed E-state index contributed by atoms with van der Waals surface area (Å²) < 4.78 is 73.9. The Labute approximate surface area is 198 Å². The van der Waals surface area contributed by atoms with Crippen LogP contribution in [0.5, 0.6) is 0 Å². The van der Waals surface area contributed by atoms with Gasteiger partial charge < -0.3 is 9.30 Å². The van der Waals surface area contributed by atoms with E-state index in [9.17, 15) is 32.0 Å². The maximum atomic E-state index is 14.4. The van der Waals surface area contributed by atoms with Gasteiger partial charge in [0.2, 0.25) is 0 Å². The molecule has 184 valence electrons. The molecular formula is C25H22F5N3O2. The van der Waals surface area contributed by atoms with Crippen LogP contribution in [0.15, 0.2) is 48.5 Å². The predicted molar refractivity (Wildman–Crippen MR) is 118 cm³/mol. The number of nitriles is 1. The van der Waals surface area contributed by atoms with Crippen LogP contribution >= 0.6 is 0 Å². The van der Waals surface area contributed by atoms with Crippen molar-refractivity contribution in [3.8, 4) is 17.2 Å². The van der Waals surface area contributed by atoms with E-state index >= 15 is 0 Å². The highest BCUT2D eigenvalue weighted by atomic mass is 19.4. The van der Waals surface area contributed by atoms with Crippen molar-refractivity contribution in [2.24, 2.45) is 0 Å². The molecule has 3 rings (SSSR count). The zero-order valence-electron chi connectivity index (χ0n) is 19.0. The number of esters is 1. The van der Waals surface area contributed by atoms with Gasteiger partial charge in [-0.2, -0.15) is 27.2 Å². The number of nitrogens with zero attached hydrogens (tertiary/aromatic N) is 3. The number of rotatable bonds is 8. The highest BCUT2D eigenvalue weighted by Gasteiger charge is 2.62. The second kappa shape index (κ2) is 10.3. The Bertz CT molecular complexity index is 1240. The molecule has 0 aliphatic carbocycles. The average molecular weight is 491 g/mol. The topological polar surface area (TPSA) is 67.9 Å². The van der Waals surface area contributed by atoms with Crippen LogP contribution in [0.1, 0.15) is 52.9 Å². The number of methoxy groups -OCH3 is 1. The molecule has 0 aliphatic heterocycles. The third-order valence-corrected chi connectivity index (χ3v) is 5.49. The Balaban J connectivity index is 2.09. The monoisotopic (exact) mass is 491 g/mol. The number of imidazole rings is 1. The third-order valence-electron chi connectivity index (χ3n) is 5.49. The van der Waals surface area contributed by atoms with Crippen molar-refractivity contribution in [1.29, 1.82) is 5.26 Å². The molecule has 0 amide bonds.